The number of likely N-dealkylation sites (tertiary alicyclic amines) is 1. The van der Waals surface area contributed by atoms with Gasteiger partial charge < -0.3 is 0 Å². The first-order chi connectivity index (χ1) is 11.6. The summed E-state index contributed by atoms with van der Waals surface area (Å²) in [6.07, 6.45) is 6.54. The van der Waals surface area contributed by atoms with E-state index < -0.39 is 6.04 Å². The SMILES string of the molecule is [NH3+][C@@H](Cc1c[nH+]c[nH]1)C(=O)N1CCC[C@H]1C(=O)N[C@H](C[Se-])CC[Se-]. The maximum atomic E-state index is 12.7. The number of carbonyl (C=O) groups excluding carboxylic acids is 2. The molecule has 0 radical (unpaired) electrons. The fraction of sp³-hybridized carbons (Fsp3) is 0.667. The standard InChI is InChI=1S/C15H25N5O2Se2/c16-12(6-11-7-17-9-18-11)15(22)20-4-1-2-13(20)14(21)19-10(8-24)3-5-23/h7,9-10,12-13,23-24H,1-6,8,16H2,(H,17,18)(H,19,21)/t10-,12-,13-/m0/s1. The van der Waals surface area contributed by atoms with Crippen LogP contribution < -0.4 is 16.0 Å². The van der Waals surface area contributed by atoms with Gasteiger partial charge in [0.15, 0.2) is 0 Å². The fourth-order valence-electron chi connectivity index (χ4n) is 2.96. The number of quaternary nitrogens is 1. The average Bonchev–Trinajstić information content (AvgIpc) is 3.24. The Labute approximate surface area is 158 Å². The quantitative estimate of drug-likeness (QED) is 0.388. The Kier molecular flexibility index (Phi) is 7.78. The maximum absolute atomic E-state index is 12.7. The zero-order valence-corrected chi connectivity index (χ0v) is 17.0. The number of aromatic amines is 2. The molecule has 2 amide bonds. The molecule has 0 unspecified atom stereocenters. The molecule has 1 aliphatic heterocycles. The van der Waals surface area contributed by atoms with E-state index in [1.807, 2.05) is 6.20 Å². The number of nitrogens with zero attached hydrogens (tertiary/aromatic N) is 1. The third kappa shape index (κ3) is 5.07. The van der Waals surface area contributed by atoms with Crippen molar-refractivity contribution in [2.24, 2.45) is 0 Å². The van der Waals surface area contributed by atoms with Gasteiger partial charge in [0.1, 0.15) is 0 Å². The molecule has 1 aliphatic rings. The molecule has 0 bridgehead atoms. The van der Waals surface area contributed by atoms with E-state index in [-0.39, 0.29) is 23.9 Å². The molecule has 0 aromatic carbocycles. The predicted octanol–water partition coefficient (Wildman–Crippen LogP) is -1.98. The van der Waals surface area contributed by atoms with Crippen molar-refractivity contribution < 1.29 is 20.3 Å². The second-order valence-electron chi connectivity index (χ2n) is 6.08. The first kappa shape index (κ1) is 19.5. The Morgan fingerprint density at radius 3 is 2.92 bits per heavy atom. The molecular formula is C15H25N5O2Se2. The molecule has 24 heavy (non-hydrogen) atoms. The zero-order valence-electron chi connectivity index (χ0n) is 13.6. The number of amides is 2. The van der Waals surface area contributed by atoms with Gasteiger partial charge in [-0.25, -0.2) is 0 Å². The number of H-pyrrole nitrogens is 2. The van der Waals surface area contributed by atoms with Crippen LogP contribution in [0.2, 0.25) is 10.6 Å². The summed E-state index contributed by atoms with van der Waals surface area (Å²) in [5.41, 5.74) is 4.93. The van der Waals surface area contributed by atoms with Crippen LogP contribution in [0.15, 0.2) is 12.5 Å². The summed E-state index contributed by atoms with van der Waals surface area (Å²) in [6, 6.07) is -0.654. The molecule has 0 aliphatic carbocycles. The minimum absolute atomic E-state index is 0.0463. The molecule has 134 valence electrons. The van der Waals surface area contributed by atoms with E-state index in [1.165, 1.54) is 0 Å². The zero-order chi connectivity index (χ0) is 17.5. The van der Waals surface area contributed by atoms with E-state index in [9.17, 15) is 9.59 Å². The van der Waals surface area contributed by atoms with E-state index in [4.69, 9.17) is 0 Å². The number of hydrogen-bond donors (Lipinski definition) is 3. The molecule has 1 aromatic heterocycles. The van der Waals surface area contributed by atoms with Crippen molar-refractivity contribution in [3.8, 4) is 0 Å². The fourth-order valence-corrected chi connectivity index (χ4v) is 4.08. The molecule has 2 heterocycles. The van der Waals surface area contributed by atoms with Crippen LogP contribution in [0.25, 0.3) is 0 Å². The number of nitrogens with one attached hydrogen (secondary N) is 3. The van der Waals surface area contributed by atoms with Crippen LogP contribution >= 0.6 is 0 Å². The van der Waals surface area contributed by atoms with Gasteiger partial charge in [-0.2, -0.15) is 0 Å². The van der Waals surface area contributed by atoms with Crippen LogP contribution in [0, 0.1) is 0 Å². The minimum atomic E-state index is -0.397. The van der Waals surface area contributed by atoms with E-state index >= 15 is 0 Å². The van der Waals surface area contributed by atoms with Crippen molar-refractivity contribution in [1.82, 2.24) is 15.2 Å². The third-order valence-corrected chi connectivity index (χ3v) is 5.61. The van der Waals surface area contributed by atoms with E-state index in [2.05, 4.69) is 53.0 Å². The monoisotopic (exact) mass is 467 g/mol. The Bertz CT molecular complexity index is 540. The van der Waals surface area contributed by atoms with Gasteiger partial charge in [-0.15, -0.1) is 0 Å². The third-order valence-electron chi connectivity index (χ3n) is 4.27. The summed E-state index contributed by atoms with van der Waals surface area (Å²) >= 11 is 5.94. The molecule has 7 nitrogen and oxygen atoms in total. The molecule has 3 atom stereocenters. The van der Waals surface area contributed by atoms with Gasteiger partial charge in [0, 0.05) is 0 Å². The van der Waals surface area contributed by atoms with Crippen LogP contribution in [0.5, 0.6) is 0 Å². The first-order valence-electron chi connectivity index (χ1n) is 8.20. The summed E-state index contributed by atoms with van der Waals surface area (Å²) in [4.78, 5) is 33.0. The molecule has 0 spiro atoms. The second-order valence-corrected chi connectivity index (χ2v) is 7.64. The van der Waals surface area contributed by atoms with Crippen LogP contribution in [-0.2, 0) is 16.0 Å². The summed E-state index contributed by atoms with van der Waals surface area (Å²) < 4.78 is 0. The Hall–Kier alpha value is -0.851. The van der Waals surface area contributed by atoms with Gasteiger partial charge >= 0.3 is 159 Å². The summed E-state index contributed by atoms with van der Waals surface area (Å²) in [5, 5.41) is 4.73. The average molecular weight is 465 g/mol. The molecular weight excluding hydrogens is 440 g/mol. The predicted molar refractivity (Wildman–Crippen MR) is 90.1 cm³/mol. The van der Waals surface area contributed by atoms with E-state index in [0.29, 0.717) is 13.0 Å². The Balaban J connectivity index is 1.95. The van der Waals surface area contributed by atoms with E-state index in [0.717, 1.165) is 35.6 Å². The Morgan fingerprint density at radius 1 is 1.50 bits per heavy atom. The van der Waals surface area contributed by atoms with Crippen LogP contribution in [-0.4, -0.2) is 78.4 Å². The number of imidazole rings is 1. The molecule has 0 saturated carbocycles. The topological polar surface area (TPSA) is 107 Å². The number of carbonyl (C=O) groups is 2. The van der Waals surface area contributed by atoms with Crippen molar-refractivity contribution in [1.29, 1.82) is 0 Å². The van der Waals surface area contributed by atoms with Crippen molar-refractivity contribution in [2.45, 2.75) is 54.4 Å². The van der Waals surface area contributed by atoms with Crippen LogP contribution in [0.1, 0.15) is 25.0 Å². The van der Waals surface area contributed by atoms with Crippen molar-refractivity contribution >= 4 is 43.8 Å². The molecule has 1 fully saturated rings. The summed E-state index contributed by atoms with van der Waals surface area (Å²) in [7, 11) is 0. The molecule has 9 heteroatoms. The Morgan fingerprint density at radius 2 is 2.29 bits per heavy atom. The molecule has 6 N–H and O–H groups in total. The van der Waals surface area contributed by atoms with Crippen molar-refractivity contribution in [3.05, 3.63) is 18.2 Å². The number of aromatic nitrogens is 2. The van der Waals surface area contributed by atoms with Gasteiger partial charge in [0.25, 0.3) is 0 Å². The summed E-state index contributed by atoms with van der Waals surface area (Å²) in [6.45, 7) is 0.629. The molecule has 1 saturated heterocycles. The van der Waals surface area contributed by atoms with Crippen molar-refractivity contribution in [3.63, 3.8) is 0 Å². The van der Waals surface area contributed by atoms with Crippen molar-refractivity contribution in [2.75, 3.05) is 6.54 Å². The normalized spacial score (nSPS) is 20.0. The molecule has 1 aromatic rings. The van der Waals surface area contributed by atoms with Gasteiger partial charge in [-0.1, -0.05) is 0 Å². The van der Waals surface area contributed by atoms with Gasteiger partial charge in [-0.3, -0.25) is 0 Å². The van der Waals surface area contributed by atoms with E-state index in [1.54, 1.807) is 11.2 Å². The first-order valence-corrected chi connectivity index (χ1v) is 10.6. The molecule has 2 rings (SSSR count). The van der Waals surface area contributed by atoms with Gasteiger partial charge in [0.2, 0.25) is 0 Å². The second kappa shape index (κ2) is 9.59. The summed E-state index contributed by atoms with van der Waals surface area (Å²) in [5.74, 6) is -0.0966. The van der Waals surface area contributed by atoms with Gasteiger partial charge in [-0.05, 0) is 0 Å². The van der Waals surface area contributed by atoms with Crippen LogP contribution in [0.3, 0.4) is 0 Å². The number of rotatable bonds is 8. The van der Waals surface area contributed by atoms with Crippen LogP contribution in [0.4, 0.5) is 0 Å². The number of hydrogen-bond acceptors (Lipinski definition) is 2. The van der Waals surface area contributed by atoms with Gasteiger partial charge in [0.05, 0.1) is 0 Å².